The molecule has 0 fully saturated rings. The predicted octanol–water partition coefficient (Wildman–Crippen LogP) is -1.24. The molecule has 12 heteroatoms. The van der Waals surface area contributed by atoms with Crippen molar-refractivity contribution in [1.82, 2.24) is 5.32 Å². The van der Waals surface area contributed by atoms with E-state index in [-0.39, 0.29) is 5.75 Å². The average molecular weight is 330 g/mol. The van der Waals surface area contributed by atoms with Crippen LogP contribution in [0, 0.1) is 0 Å². The molecule has 2 unspecified atom stereocenters. The van der Waals surface area contributed by atoms with Crippen LogP contribution in [0.1, 0.15) is 6.92 Å². The first-order chi connectivity index (χ1) is 9.09. The van der Waals surface area contributed by atoms with E-state index in [1.807, 2.05) is 0 Å². The topological polar surface area (TPSA) is 166 Å². The van der Waals surface area contributed by atoms with E-state index in [4.69, 9.17) is 14.9 Å². The van der Waals surface area contributed by atoms with E-state index in [0.29, 0.717) is 11.8 Å². The fraction of sp³-hybridized carbons (Fsp3) is 0.625. The number of hydrogen-bond acceptors (Lipinski definition) is 7. The highest BCUT2D eigenvalue weighted by molar-refractivity contribution is 8.14. The molecule has 0 aliphatic heterocycles. The molecule has 116 valence electrons. The number of carboxylic acid groups (broad SMARTS) is 1. The van der Waals surface area contributed by atoms with Crippen LogP contribution < -0.4 is 5.32 Å². The fourth-order valence-electron chi connectivity index (χ4n) is 0.971. The van der Waals surface area contributed by atoms with Crippen molar-refractivity contribution in [3.63, 3.8) is 0 Å². The number of thioether (sulfide) groups is 1. The van der Waals surface area contributed by atoms with Crippen LogP contribution in [0.5, 0.6) is 0 Å². The van der Waals surface area contributed by atoms with E-state index in [1.165, 1.54) is 0 Å². The van der Waals surface area contributed by atoms with E-state index in [1.54, 1.807) is 0 Å². The number of carboxylic acids is 1. The van der Waals surface area contributed by atoms with Crippen molar-refractivity contribution in [3.8, 4) is 0 Å². The second kappa shape index (κ2) is 8.22. The number of amides is 1. The lowest BCUT2D eigenvalue weighted by atomic mass is 10.3. The summed E-state index contributed by atoms with van der Waals surface area (Å²) in [7, 11) is -3.77. The SMILES string of the molecule is CO/N=C(\SCC(NC(C)=O)C(=O)O)C(O)P(=O)(O)O. The molecule has 5 N–H and O–H groups in total. The minimum atomic E-state index is -4.86. The Morgan fingerprint density at radius 3 is 2.35 bits per heavy atom. The van der Waals surface area contributed by atoms with Gasteiger partial charge < -0.3 is 30.2 Å². The number of rotatable bonds is 7. The molecule has 0 spiro atoms. The average Bonchev–Trinajstić information content (AvgIpc) is 2.29. The highest BCUT2D eigenvalue weighted by Gasteiger charge is 2.33. The standard InChI is InChI=1S/C8H15N2O8PS/c1-4(11)9-5(7(12)13)3-20-6(10-18-2)8(14)19(15,16)17/h5,8,14H,3H2,1-2H3,(H,9,11)(H,12,13)(H2,15,16,17)/b10-6-. The number of nitrogens with one attached hydrogen (secondary N) is 1. The first-order valence-corrected chi connectivity index (χ1v) is 7.73. The maximum atomic E-state index is 10.9. The molecule has 1 amide bonds. The molecule has 0 saturated carbocycles. The molecular formula is C8H15N2O8PS. The van der Waals surface area contributed by atoms with Crippen molar-refractivity contribution < 1.29 is 39.0 Å². The first-order valence-electron chi connectivity index (χ1n) is 5.06. The lowest BCUT2D eigenvalue weighted by molar-refractivity contribution is -0.140. The van der Waals surface area contributed by atoms with Gasteiger partial charge in [-0.3, -0.25) is 9.36 Å². The van der Waals surface area contributed by atoms with Crippen LogP contribution in [0.3, 0.4) is 0 Å². The third kappa shape index (κ3) is 6.87. The molecule has 0 rings (SSSR count). The monoisotopic (exact) mass is 330 g/mol. The Kier molecular flexibility index (Phi) is 7.76. The van der Waals surface area contributed by atoms with E-state index in [0.717, 1.165) is 14.0 Å². The molecule has 0 aliphatic carbocycles. The Labute approximate surface area is 118 Å². The summed E-state index contributed by atoms with van der Waals surface area (Å²) in [6.45, 7) is 1.12. The molecule has 2 atom stereocenters. The Bertz CT molecular complexity index is 436. The molecule has 0 radical (unpaired) electrons. The van der Waals surface area contributed by atoms with Gasteiger partial charge in [-0.25, -0.2) is 4.79 Å². The van der Waals surface area contributed by atoms with E-state index in [9.17, 15) is 19.3 Å². The Hall–Kier alpha value is -1.13. The molecule has 20 heavy (non-hydrogen) atoms. The summed E-state index contributed by atoms with van der Waals surface area (Å²) in [6, 6.07) is -1.30. The second-order valence-corrected chi connectivity index (χ2v) is 6.18. The largest absolute Gasteiger partial charge is 0.480 e. The van der Waals surface area contributed by atoms with Gasteiger partial charge in [0, 0.05) is 12.7 Å². The van der Waals surface area contributed by atoms with Crippen LogP contribution in [-0.2, 0) is 19.0 Å². The van der Waals surface area contributed by atoms with Crippen LogP contribution in [0.2, 0.25) is 0 Å². The summed E-state index contributed by atoms with van der Waals surface area (Å²) >= 11 is 0.547. The number of aliphatic carboxylic acids is 1. The molecular weight excluding hydrogens is 315 g/mol. The predicted molar refractivity (Wildman–Crippen MR) is 70.2 cm³/mol. The lowest BCUT2D eigenvalue weighted by Gasteiger charge is -2.16. The zero-order valence-electron chi connectivity index (χ0n) is 10.6. The van der Waals surface area contributed by atoms with Gasteiger partial charge >= 0.3 is 13.6 Å². The summed E-state index contributed by atoms with van der Waals surface area (Å²) in [6.07, 6.45) is 0. The smallest absolute Gasteiger partial charge is 0.360 e. The number of hydrogen-bond donors (Lipinski definition) is 5. The molecule has 0 aromatic heterocycles. The van der Waals surface area contributed by atoms with Gasteiger partial charge in [0.15, 0.2) is 5.04 Å². The van der Waals surface area contributed by atoms with Gasteiger partial charge in [-0.05, 0) is 0 Å². The Balaban J connectivity index is 4.85. The quantitative estimate of drug-likeness (QED) is 0.166. The van der Waals surface area contributed by atoms with Crippen molar-refractivity contribution in [2.75, 3.05) is 12.9 Å². The molecule has 0 aromatic carbocycles. The number of aliphatic hydroxyl groups excluding tert-OH is 1. The van der Waals surface area contributed by atoms with Gasteiger partial charge in [0.2, 0.25) is 11.8 Å². The zero-order chi connectivity index (χ0) is 15.9. The molecule has 0 saturated heterocycles. The van der Waals surface area contributed by atoms with Gasteiger partial charge in [0.25, 0.3) is 0 Å². The molecule has 0 bridgehead atoms. The summed E-state index contributed by atoms with van der Waals surface area (Å²) in [4.78, 5) is 43.6. The van der Waals surface area contributed by atoms with Gasteiger partial charge in [-0.1, -0.05) is 5.16 Å². The zero-order valence-corrected chi connectivity index (χ0v) is 12.3. The third-order valence-corrected chi connectivity index (χ3v) is 3.94. The molecule has 10 nitrogen and oxygen atoms in total. The van der Waals surface area contributed by atoms with Crippen molar-refractivity contribution >= 4 is 36.3 Å². The van der Waals surface area contributed by atoms with E-state index >= 15 is 0 Å². The Morgan fingerprint density at radius 1 is 1.45 bits per heavy atom. The fourth-order valence-corrected chi connectivity index (χ4v) is 2.78. The first kappa shape index (κ1) is 18.9. The van der Waals surface area contributed by atoms with E-state index < -0.39 is 36.4 Å². The normalized spacial score (nSPS) is 15.3. The van der Waals surface area contributed by atoms with Crippen molar-refractivity contribution in [2.24, 2.45) is 5.16 Å². The highest BCUT2D eigenvalue weighted by Crippen LogP contribution is 2.42. The Morgan fingerprint density at radius 2 is 2.00 bits per heavy atom. The van der Waals surface area contributed by atoms with Gasteiger partial charge in [-0.15, -0.1) is 11.8 Å². The second-order valence-electron chi connectivity index (χ2n) is 3.48. The van der Waals surface area contributed by atoms with Crippen LogP contribution >= 0.6 is 19.4 Å². The minimum absolute atomic E-state index is 0.297. The summed E-state index contributed by atoms with van der Waals surface area (Å²) in [5.74, 6) is -4.44. The number of nitrogens with zero attached hydrogens (tertiary/aromatic N) is 1. The van der Waals surface area contributed by atoms with Gasteiger partial charge in [0.05, 0.1) is 0 Å². The lowest BCUT2D eigenvalue weighted by Crippen LogP contribution is -2.42. The summed E-state index contributed by atoms with van der Waals surface area (Å²) in [5.41, 5.74) is 0. The maximum Gasteiger partial charge on any atom is 0.360 e. The van der Waals surface area contributed by atoms with Gasteiger partial charge in [-0.2, -0.15) is 0 Å². The molecule has 0 aliphatic rings. The van der Waals surface area contributed by atoms with Crippen molar-refractivity contribution in [2.45, 2.75) is 18.8 Å². The third-order valence-electron chi connectivity index (χ3n) is 1.79. The number of oxime groups is 1. The maximum absolute atomic E-state index is 10.9. The van der Waals surface area contributed by atoms with Gasteiger partial charge in [0.1, 0.15) is 13.2 Å². The molecule has 0 heterocycles. The minimum Gasteiger partial charge on any atom is -0.480 e. The molecule has 0 aromatic rings. The summed E-state index contributed by atoms with van der Waals surface area (Å²) < 4.78 is 10.9. The number of aliphatic hydroxyl groups is 1. The van der Waals surface area contributed by atoms with Crippen LogP contribution in [0.15, 0.2) is 5.16 Å². The van der Waals surface area contributed by atoms with E-state index in [2.05, 4.69) is 15.3 Å². The highest BCUT2D eigenvalue weighted by atomic mass is 32.2. The van der Waals surface area contributed by atoms with Crippen LogP contribution in [-0.4, -0.2) is 61.7 Å². The van der Waals surface area contributed by atoms with Crippen LogP contribution in [0.4, 0.5) is 0 Å². The van der Waals surface area contributed by atoms with Crippen molar-refractivity contribution in [1.29, 1.82) is 0 Å². The van der Waals surface area contributed by atoms with Crippen LogP contribution in [0.25, 0.3) is 0 Å². The number of carbonyl (C=O) groups is 2. The summed E-state index contributed by atoms with van der Waals surface area (Å²) in [5, 5.41) is 23.1. The van der Waals surface area contributed by atoms with Crippen molar-refractivity contribution in [3.05, 3.63) is 0 Å². The number of carbonyl (C=O) groups excluding carboxylic acids is 1.